The molecule has 0 aliphatic rings. The first kappa shape index (κ1) is 23.5. The Morgan fingerprint density at radius 1 is 1.03 bits per heavy atom. The zero-order chi connectivity index (χ0) is 22.3. The molecule has 0 heterocycles. The summed E-state index contributed by atoms with van der Waals surface area (Å²) in [5, 5.41) is 3.01. The summed E-state index contributed by atoms with van der Waals surface area (Å²) >= 11 is 0. The van der Waals surface area contributed by atoms with E-state index in [9.17, 15) is 9.59 Å². The number of carbonyl (C=O) groups is 2. The molecule has 0 aromatic heterocycles. The van der Waals surface area contributed by atoms with Crippen molar-refractivity contribution in [3.63, 3.8) is 0 Å². The molecular weight excluding hydrogens is 376 g/mol. The SMILES string of the molecule is CC[C@@H](C(=O)NC(C)(C)C)N(Cc1cccc(C)c1)C(=O)COc1ccc(C)cc1. The molecule has 0 saturated carbocycles. The molecule has 0 fully saturated rings. The quantitative estimate of drug-likeness (QED) is 0.701. The monoisotopic (exact) mass is 410 g/mol. The van der Waals surface area contributed by atoms with Crippen molar-refractivity contribution >= 4 is 11.8 Å². The lowest BCUT2D eigenvalue weighted by Gasteiger charge is -2.33. The van der Waals surface area contributed by atoms with Crippen LogP contribution in [0.15, 0.2) is 48.5 Å². The predicted octanol–water partition coefficient (Wildman–Crippen LogP) is 4.40. The first-order valence-electron chi connectivity index (χ1n) is 10.5. The molecule has 5 heteroatoms. The lowest BCUT2D eigenvalue weighted by molar-refractivity contribution is -0.143. The zero-order valence-corrected chi connectivity index (χ0v) is 19.0. The second-order valence-corrected chi connectivity index (χ2v) is 8.78. The molecule has 30 heavy (non-hydrogen) atoms. The number of rotatable bonds is 8. The summed E-state index contributed by atoms with van der Waals surface area (Å²) in [7, 11) is 0. The second-order valence-electron chi connectivity index (χ2n) is 8.78. The number of carbonyl (C=O) groups excluding carboxylic acids is 2. The average molecular weight is 411 g/mol. The van der Waals surface area contributed by atoms with Crippen molar-refractivity contribution < 1.29 is 14.3 Å². The molecule has 0 unspecified atom stereocenters. The highest BCUT2D eigenvalue weighted by atomic mass is 16.5. The minimum Gasteiger partial charge on any atom is -0.484 e. The van der Waals surface area contributed by atoms with Gasteiger partial charge in [-0.25, -0.2) is 0 Å². The molecule has 2 rings (SSSR count). The molecule has 0 spiro atoms. The highest BCUT2D eigenvalue weighted by Gasteiger charge is 2.30. The van der Waals surface area contributed by atoms with Gasteiger partial charge in [-0.2, -0.15) is 0 Å². The third-order valence-corrected chi connectivity index (χ3v) is 4.70. The van der Waals surface area contributed by atoms with Gasteiger partial charge >= 0.3 is 0 Å². The molecule has 5 nitrogen and oxygen atoms in total. The lowest BCUT2D eigenvalue weighted by Crippen LogP contribution is -2.54. The van der Waals surface area contributed by atoms with Crippen molar-refractivity contribution in [2.75, 3.05) is 6.61 Å². The Hall–Kier alpha value is -2.82. The standard InChI is InChI=1S/C25H34N2O3/c1-7-22(24(29)26-25(4,5)6)27(16-20-10-8-9-19(3)15-20)23(28)17-30-21-13-11-18(2)12-14-21/h8-15,22H,7,16-17H2,1-6H3,(H,26,29)/t22-/m0/s1. The van der Waals surface area contributed by atoms with E-state index in [1.54, 1.807) is 4.90 Å². The molecule has 162 valence electrons. The van der Waals surface area contributed by atoms with E-state index in [0.717, 1.165) is 16.7 Å². The molecule has 2 amide bonds. The lowest BCUT2D eigenvalue weighted by atomic mass is 10.1. The highest BCUT2D eigenvalue weighted by Crippen LogP contribution is 2.16. The van der Waals surface area contributed by atoms with Gasteiger partial charge in [0.05, 0.1) is 0 Å². The van der Waals surface area contributed by atoms with Gasteiger partial charge in [-0.1, -0.05) is 54.4 Å². The van der Waals surface area contributed by atoms with Gasteiger partial charge in [-0.15, -0.1) is 0 Å². The Morgan fingerprint density at radius 2 is 1.70 bits per heavy atom. The van der Waals surface area contributed by atoms with Gasteiger partial charge in [0, 0.05) is 12.1 Å². The summed E-state index contributed by atoms with van der Waals surface area (Å²) < 4.78 is 5.72. The van der Waals surface area contributed by atoms with Gasteiger partial charge in [0.2, 0.25) is 5.91 Å². The molecule has 1 atom stereocenters. The van der Waals surface area contributed by atoms with Crippen LogP contribution in [0.1, 0.15) is 50.8 Å². The van der Waals surface area contributed by atoms with E-state index in [1.165, 1.54) is 0 Å². The van der Waals surface area contributed by atoms with Crippen LogP contribution >= 0.6 is 0 Å². The van der Waals surface area contributed by atoms with Crippen LogP contribution < -0.4 is 10.1 Å². The number of benzene rings is 2. The number of ether oxygens (including phenoxy) is 1. The summed E-state index contributed by atoms with van der Waals surface area (Å²) in [5.74, 6) is 0.269. The fraction of sp³-hybridized carbons (Fsp3) is 0.440. The number of aryl methyl sites for hydroxylation is 2. The predicted molar refractivity (Wildman–Crippen MR) is 120 cm³/mol. The Morgan fingerprint density at radius 3 is 2.27 bits per heavy atom. The van der Waals surface area contributed by atoms with Crippen molar-refractivity contribution in [2.24, 2.45) is 0 Å². The number of hydrogen-bond donors (Lipinski definition) is 1. The van der Waals surface area contributed by atoms with E-state index in [2.05, 4.69) is 5.32 Å². The van der Waals surface area contributed by atoms with Gasteiger partial charge in [0.25, 0.3) is 5.91 Å². The fourth-order valence-electron chi connectivity index (χ4n) is 3.24. The number of nitrogens with zero attached hydrogens (tertiary/aromatic N) is 1. The van der Waals surface area contributed by atoms with Gasteiger partial charge in [-0.05, 0) is 58.7 Å². The zero-order valence-electron chi connectivity index (χ0n) is 19.0. The summed E-state index contributed by atoms with van der Waals surface area (Å²) in [6.45, 7) is 12.0. The van der Waals surface area contributed by atoms with Crippen molar-refractivity contribution in [1.82, 2.24) is 10.2 Å². The van der Waals surface area contributed by atoms with Crippen molar-refractivity contribution in [3.05, 3.63) is 65.2 Å². The van der Waals surface area contributed by atoms with Gasteiger partial charge in [0.1, 0.15) is 11.8 Å². The molecule has 1 N–H and O–H groups in total. The number of hydrogen-bond acceptors (Lipinski definition) is 3. The van der Waals surface area contributed by atoms with Crippen LogP contribution in [0.25, 0.3) is 0 Å². The third-order valence-electron chi connectivity index (χ3n) is 4.70. The number of amides is 2. The smallest absolute Gasteiger partial charge is 0.261 e. The fourth-order valence-corrected chi connectivity index (χ4v) is 3.24. The van der Waals surface area contributed by atoms with Crippen molar-refractivity contribution in [3.8, 4) is 5.75 Å². The first-order valence-corrected chi connectivity index (χ1v) is 10.5. The molecular formula is C25H34N2O3. The Kier molecular flexibility index (Phi) is 8.04. The Bertz CT molecular complexity index is 853. The van der Waals surface area contributed by atoms with Crippen LogP contribution in [0, 0.1) is 13.8 Å². The van der Waals surface area contributed by atoms with E-state index < -0.39 is 6.04 Å². The van der Waals surface area contributed by atoms with Crippen molar-refractivity contribution in [2.45, 2.75) is 66.1 Å². The normalized spacial score (nSPS) is 12.2. The van der Waals surface area contributed by atoms with E-state index in [-0.39, 0.29) is 24.0 Å². The van der Waals surface area contributed by atoms with Crippen LogP contribution in [-0.2, 0) is 16.1 Å². The average Bonchev–Trinajstić information content (AvgIpc) is 2.66. The van der Waals surface area contributed by atoms with Crippen LogP contribution in [0.4, 0.5) is 0 Å². The van der Waals surface area contributed by atoms with E-state index in [1.807, 2.05) is 90.1 Å². The summed E-state index contributed by atoms with van der Waals surface area (Å²) in [6, 6.07) is 15.0. The molecule has 2 aromatic rings. The number of nitrogens with one attached hydrogen (secondary N) is 1. The van der Waals surface area contributed by atoms with Gasteiger partial charge in [0.15, 0.2) is 6.61 Å². The molecule has 2 aromatic carbocycles. The minimum absolute atomic E-state index is 0.117. The summed E-state index contributed by atoms with van der Waals surface area (Å²) in [5.41, 5.74) is 2.85. The maximum Gasteiger partial charge on any atom is 0.261 e. The van der Waals surface area contributed by atoms with E-state index >= 15 is 0 Å². The van der Waals surface area contributed by atoms with Crippen LogP contribution in [0.3, 0.4) is 0 Å². The van der Waals surface area contributed by atoms with Crippen LogP contribution in [0.5, 0.6) is 5.75 Å². The molecule has 0 aliphatic heterocycles. The Balaban J connectivity index is 2.22. The first-order chi connectivity index (χ1) is 14.1. The highest BCUT2D eigenvalue weighted by molar-refractivity contribution is 5.88. The summed E-state index contributed by atoms with van der Waals surface area (Å²) in [4.78, 5) is 27.8. The van der Waals surface area contributed by atoms with Crippen molar-refractivity contribution in [1.29, 1.82) is 0 Å². The molecule has 0 radical (unpaired) electrons. The van der Waals surface area contributed by atoms with Crippen LogP contribution in [-0.4, -0.2) is 34.9 Å². The molecule has 0 aliphatic carbocycles. The third kappa shape index (κ3) is 7.21. The Labute approximate surface area is 180 Å². The minimum atomic E-state index is -0.571. The largest absolute Gasteiger partial charge is 0.484 e. The maximum absolute atomic E-state index is 13.2. The summed E-state index contributed by atoms with van der Waals surface area (Å²) in [6.07, 6.45) is 0.518. The molecule has 0 bridgehead atoms. The molecule has 0 saturated heterocycles. The van der Waals surface area contributed by atoms with E-state index in [4.69, 9.17) is 4.74 Å². The van der Waals surface area contributed by atoms with Crippen LogP contribution in [0.2, 0.25) is 0 Å². The maximum atomic E-state index is 13.2. The topological polar surface area (TPSA) is 58.6 Å². The van der Waals surface area contributed by atoms with Gasteiger partial charge in [-0.3, -0.25) is 9.59 Å². The van der Waals surface area contributed by atoms with E-state index in [0.29, 0.717) is 18.7 Å². The van der Waals surface area contributed by atoms with Gasteiger partial charge < -0.3 is 15.0 Å². The second kappa shape index (κ2) is 10.3.